The van der Waals surface area contributed by atoms with E-state index in [-0.39, 0.29) is 11.3 Å². The van der Waals surface area contributed by atoms with E-state index in [1.54, 1.807) is 6.08 Å². The summed E-state index contributed by atoms with van der Waals surface area (Å²) in [7, 11) is 0. The third-order valence-corrected chi connectivity index (χ3v) is 5.59. The molecule has 0 saturated carbocycles. The van der Waals surface area contributed by atoms with Crippen LogP contribution in [-0.2, 0) is 10.2 Å². The second-order valence-corrected chi connectivity index (χ2v) is 7.08. The first-order valence-corrected chi connectivity index (χ1v) is 8.93. The van der Waals surface area contributed by atoms with Gasteiger partial charge in [-0.05, 0) is 43.0 Å². The Morgan fingerprint density at radius 1 is 1.08 bits per heavy atom. The lowest BCUT2D eigenvalue weighted by Crippen LogP contribution is -2.45. The van der Waals surface area contributed by atoms with Crippen molar-refractivity contribution in [3.05, 3.63) is 71.3 Å². The Kier molecular flexibility index (Phi) is 4.08. The molecule has 0 aliphatic carbocycles. The molecule has 0 bridgehead atoms. The minimum atomic E-state index is 0.0904. The monoisotopic (exact) mass is 333 g/mol. The predicted octanol–water partition coefficient (Wildman–Crippen LogP) is 3.96. The maximum atomic E-state index is 12.5. The van der Waals surface area contributed by atoms with Gasteiger partial charge in [-0.15, -0.1) is 0 Å². The number of benzene rings is 2. The zero-order valence-electron chi connectivity index (χ0n) is 14.6. The largest absolute Gasteiger partial charge is 0.492 e. The Hall–Kier alpha value is -2.55. The summed E-state index contributed by atoms with van der Waals surface area (Å²) in [6, 6.07) is 16.4. The maximum Gasteiger partial charge on any atom is 0.246 e. The number of likely N-dealkylation sites (tertiary alicyclic amines) is 1. The van der Waals surface area contributed by atoms with Crippen LogP contribution in [0, 0.1) is 6.92 Å². The molecule has 0 atom stereocenters. The summed E-state index contributed by atoms with van der Waals surface area (Å²) < 4.78 is 5.89. The fraction of sp³-hybridized carbons (Fsp3) is 0.318. The fourth-order valence-corrected chi connectivity index (χ4v) is 3.93. The van der Waals surface area contributed by atoms with Crippen LogP contribution in [0.1, 0.15) is 29.5 Å². The maximum absolute atomic E-state index is 12.5. The first-order chi connectivity index (χ1) is 12.2. The van der Waals surface area contributed by atoms with Crippen molar-refractivity contribution in [2.24, 2.45) is 0 Å². The third kappa shape index (κ3) is 2.95. The quantitative estimate of drug-likeness (QED) is 0.779. The van der Waals surface area contributed by atoms with Crippen molar-refractivity contribution in [1.82, 2.24) is 4.90 Å². The van der Waals surface area contributed by atoms with Gasteiger partial charge in [0.1, 0.15) is 5.75 Å². The molecule has 128 valence electrons. The molecule has 1 saturated heterocycles. The molecule has 0 unspecified atom stereocenters. The van der Waals surface area contributed by atoms with Crippen LogP contribution >= 0.6 is 0 Å². The SMILES string of the molecule is Cc1ccccc1/C=C/C(=O)N1CCC2(CC1)COc1ccccc12. The highest BCUT2D eigenvalue weighted by molar-refractivity contribution is 5.92. The summed E-state index contributed by atoms with van der Waals surface area (Å²) in [5.41, 5.74) is 3.69. The molecule has 1 spiro atoms. The van der Waals surface area contributed by atoms with Gasteiger partial charge in [-0.1, -0.05) is 42.5 Å². The molecule has 2 heterocycles. The van der Waals surface area contributed by atoms with E-state index >= 15 is 0 Å². The van der Waals surface area contributed by atoms with Gasteiger partial charge in [-0.3, -0.25) is 4.79 Å². The van der Waals surface area contributed by atoms with Crippen molar-refractivity contribution in [2.45, 2.75) is 25.2 Å². The van der Waals surface area contributed by atoms with Gasteiger partial charge in [-0.2, -0.15) is 0 Å². The van der Waals surface area contributed by atoms with Gasteiger partial charge in [0, 0.05) is 30.1 Å². The predicted molar refractivity (Wildman–Crippen MR) is 99.6 cm³/mol. The number of amides is 1. The standard InChI is InChI=1S/C22H23NO2/c1-17-6-2-3-7-18(17)10-11-21(24)23-14-12-22(13-15-23)16-25-20-9-5-4-8-19(20)22/h2-11H,12-16H2,1H3/b11-10+. The van der Waals surface area contributed by atoms with E-state index < -0.39 is 0 Å². The minimum Gasteiger partial charge on any atom is -0.492 e. The highest BCUT2D eigenvalue weighted by atomic mass is 16.5. The molecule has 0 radical (unpaired) electrons. The Bertz CT molecular complexity index is 816. The number of hydrogen-bond donors (Lipinski definition) is 0. The van der Waals surface area contributed by atoms with Crippen LogP contribution < -0.4 is 4.74 Å². The molecular formula is C22H23NO2. The molecule has 0 N–H and O–H groups in total. The number of nitrogens with zero attached hydrogens (tertiary/aromatic N) is 1. The number of piperidine rings is 1. The topological polar surface area (TPSA) is 29.5 Å². The van der Waals surface area contributed by atoms with Gasteiger partial charge >= 0.3 is 0 Å². The van der Waals surface area contributed by atoms with Crippen LogP contribution in [0.4, 0.5) is 0 Å². The highest BCUT2D eigenvalue weighted by Crippen LogP contribution is 2.45. The smallest absolute Gasteiger partial charge is 0.246 e. The van der Waals surface area contributed by atoms with E-state index in [1.807, 2.05) is 41.3 Å². The molecule has 2 aromatic rings. The zero-order chi connectivity index (χ0) is 17.3. The molecular weight excluding hydrogens is 310 g/mol. The lowest BCUT2D eigenvalue weighted by atomic mass is 9.74. The van der Waals surface area contributed by atoms with Crippen molar-refractivity contribution in [2.75, 3.05) is 19.7 Å². The average molecular weight is 333 g/mol. The van der Waals surface area contributed by atoms with Crippen LogP contribution in [-0.4, -0.2) is 30.5 Å². The summed E-state index contributed by atoms with van der Waals surface area (Å²) in [6.07, 6.45) is 5.57. The number of carbonyl (C=O) groups is 1. The van der Waals surface area contributed by atoms with Gasteiger partial charge in [-0.25, -0.2) is 0 Å². The third-order valence-electron chi connectivity index (χ3n) is 5.59. The van der Waals surface area contributed by atoms with Gasteiger partial charge < -0.3 is 9.64 Å². The van der Waals surface area contributed by atoms with Crippen LogP contribution in [0.25, 0.3) is 6.08 Å². The first kappa shape index (κ1) is 15.9. The van der Waals surface area contributed by atoms with Crippen LogP contribution in [0.15, 0.2) is 54.6 Å². The van der Waals surface area contributed by atoms with E-state index in [4.69, 9.17) is 4.74 Å². The second-order valence-electron chi connectivity index (χ2n) is 7.08. The van der Waals surface area contributed by atoms with Crippen molar-refractivity contribution >= 4 is 12.0 Å². The Morgan fingerprint density at radius 3 is 2.60 bits per heavy atom. The molecule has 1 fully saturated rings. The number of para-hydroxylation sites is 1. The molecule has 3 heteroatoms. The van der Waals surface area contributed by atoms with E-state index in [0.29, 0.717) is 0 Å². The number of hydrogen-bond acceptors (Lipinski definition) is 2. The van der Waals surface area contributed by atoms with Gasteiger partial charge in [0.15, 0.2) is 0 Å². The molecule has 3 nitrogen and oxygen atoms in total. The molecule has 25 heavy (non-hydrogen) atoms. The molecule has 0 aromatic heterocycles. The molecule has 2 aliphatic heterocycles. The number of fused-ring (bicyclic) bond motifs is 2. The average Bonchev–Trinajstić information content (AvgIpc) is 3.00. The summed E-state index contributed by atoms with van der Waals surface area (Å²) in [6.45, 7) is 4.38. The van der Waals surface area contributed by atoms with Crippen molar-refractivity contribution in [3.63, 3.8) is 0 Å². The number of rotatable bonds is 2. The van der Waals surface area contributed by atoms with Crippen molar-refractivity contribution in [3.8, 4) is 5.75 Å². The van der Waals surface area contributed by atoms with E-state index in [1.165, 1.54) is 11.1 Å². The number of carbonyl (C=O) groups excluding carboxylic acids is 1. The lowest BCUT2D eigenvalue weighted by Gasteiger charge is -2.38. The van der Waals surface area contributed by atoms with Gasteiger partial charge in [0.05, 0.1) is 6.61 Å². The van der Waals surface area contributed by atoms with Crippen molar-refractivity contribution in [1.29, 1.82) is 0 Å². The van der Waals surface area contributed by atoms with Crippen LogP contribution in [0.2, 0.25) is 0 Å². The van der Waals surface area contributed by atoms with Crippen LogP contribution in [0.3, 0.4) is 0 Å². The molecule has 2 aromatic carbocycles. The summed E-state index contributed by atoms with van der Waals surface area (Å²) in [4.78, 5) is 14.5. The fourth-order valence-electron chi connectivity index (χ4n) is 3.93. The first-order valence-electron chi connectivity index (χ1n) is 8.93. The Morgan fingerprint density at radius 2 is 1.80 bits per heavy atom. The minimum absolute atomic E-state index is 0.0904. The Labute approximate surface area is 148 Å². The van der Waals surface area contributed by atoms with Gasteiger partial charge in [0.25, 0.3) is 0 Å². The zero-order valence-corrected chi connectivity index (χ0v) is 14.6. The molecule has 2 aliphatic rings. The molecule has 1 amide bonds. The number of ether oxygens (including phenoxy) is 1. The normalized spacial score (nSPS) is 18.4. The summed E-state index contributed by atoms with van der Waals surface area (Å²) in [5, 5.41) is 0. The lowest BCUT2D eigenvalue weighted by molar-refractivity contribution is -0.127. The summed E-state index contributed by atoms with van der Waals surface area (Å²) in [5.74, 6) is 1.12. The van der Waals surface area contributed by atoms with Gasteiger partial charge in [0.2, 0.25) is 5.91 Å². The number of aryl methyl sites for hydroxylation is 1. The highest BCUT2D eigenvalue weighted by Gasteiger charge is 2.43. The van der Waals surface area contributed by atoms with E-state index in [9.17, 15) is 4.79 Å². The van der Waals surface area contributed by atoms with Crippen LogP contribution in [0.5, 0.6) is 5.75 Å². The van der Waals surface area contributed by atoms with Crippen molar-refractivity contribution < 1.29 is 9.53 Å². The Balaban J connectivity index is 1.43. The molecule has 4 rings (SSSR count). The van der Waals surface area contributed by atoms with E-state index in [0.717, 1.165) is 43.9 Å². The van der Waals surface area contributed by atoms with E-state index in [2.05, 4.69) is 25.1 Å². The summed E-state index contributed by atoms with van der Waals surface area (Å²) >= 11 is 0. The second kappa shape index (κ2) is 6.40.